The Kier molecular flexibility index (Phi) is 4.42. The predicted molar refractivity (Wildman–Crippen MR) is 60.6 cm³/mol. The van der Waals surface area contributed by atoms with Gasteiger partial charge in [0.25, 0.3) is 0 Å². The number of anilines is 1. The maximum absolute atomic E-state index is 5.61. The molecule has 0 bridgehead atoms. The van der Waals surface area contributed by atoms with Crippen molar-refractivity contribution in [2.45, 2.75) is 37.7 Å². The topological polar surface area (TPSA) is 60.2 Å². The number of nitrogens with zero attached hydrogens (tertiary/aromatic N) is 2. The summed E-state index contributed by atoms with van der Waals surface area (Å²) in [6.07, 6.45) is 4.95. The molecule has 0 radical (unpaired) electrons. The zero-order valence-electron chi connectivity index (χ0n) is 9.12. The fourth-order valence-electron chi connectivity index (χ4n) is 1.75. The second kappa shape index (κ2) is 6.06. The molecular weight excluding hydrogens is 230 g/mol. The smallest absolute Gasteiger partial charge is 0.315 e. The van der Waals surface area contributed by atoms with Gasteiger partial charge < -0.3 is 14.5 Å². The second-order valence-electron chi connectivity index (χ2n) is 3.84. The molecule has 6 heteroatoms. The van der Waals surface area contributed by atoms with E-state index in [4.69, 9.17) is 20.8 Å². The first kappa shape index (κ1) is 11.7. The van der Waals surface area contributed by atoms with E-state index < -0.39 is 0 Å². The molecule has 90 valence electrons. The number of rotatable bonds is 5. The molecule has 0 amide bonds. The summed E-state index contributed by atoms with van der Waals surface area (Å²) in [4.78, 5) is 0. The molecule has 2 heterocycles. The monoisotopic (exact) mass is 245 g/mol. The SMILES string of the molecule is ClCc1nnc(NCCC2CCCCO2)o1. The number of ether oxygens (including phenoxy) is 1. The number of nitrogens with one attached hydrogen (secondary N) is 1. The van der Waals surface area contributed by atoms with E-state index in [2.05, 4.69) is 15.5 Å². The molecule has 0 saturated carbocycles. The Bertz CT molecular complexity index is 313. The van der Waals surface area contributed by atoms with Gasteiger partial charge in [-0.25, -0.2) is 0 Å². The van der Waals surface area contributed by atoms with Gasteiger partial charge in [-0.15, -0.1) is 16.7 Å². The normalized spacial score (nSPS) is 20.9. The van der Waals surface area contributed by atoms with E-state index in [1.54, 1.807) is 0 Å². The van der Waals surface area contributed by atoms with Crippen molar-refractivity contribution in [3.63, 3.8) is 0 Å². The summed E-state index contributed by atoms with van der Waals surface area (Å²) < 4.78 is 10.8. The van der Waals surface area contributed by atoms with Crippen molar-refractivity contribution >= 4 is 17.6 Å². The average molecular weight is 246 g/mol. The minimum Gasteiger partial charge on any atom is -0.407 e. The van der Waals surface area contributed by atoms with Gasteiger partial charge in [0.2, 0.25) is 5.89 Å². The van der Waals surface area contributed by atoms with Crippen molar-refractivity contribution in [2.75, 3.05) is 18.5 Å². The van der Waals surface area contributed by atoms with Crippen LogP contribution in [0.1, 0.15) is 31.6 Å². The Morgan fingerprint density at radius 3 is 3.00 bits per heavy atom. The van der Waals surface area contributed by atoms with Crippen molar-refractivity contribution in [1.82, 2.24) is 10.2 Å². The Labute approximate surface area is 99.5 Å². The predicted octanol–water partition coefficient (Wildman–Crippen LogP) is 2.18. The first-order chi connectivity index (χ1) is 7.88. The Morgan fingerprint density at radius 1 is 1.38 bits per heavy atom. The third kappa shape index (κ3) is 3.35. The van der Waals surface area contributed by atoms with Gasteiger partial charge in [0.15, 0.2) is 0 Å². The van der Waals surface area contributed by atoms with Crippen LogP contribution in [0, 0.1) is 0 Å². The van der Waals surface area contributed by atoms with E-state index in [1.165, 1.54) is 12.8 Å². The first-order valence-corrected chi connectivity index (χ1v) is 6.16. The molecule has 1 fully saturated rings. The van der Waals surface area contributed by atoms with Crippen LogP contribution in [0.2, 0.25) is 0 Å². The van der Waals surface area contributed by atoms with Crippen molar-refractivity contribution in [2.24, 2.45) is 0 Å². The zero-order chi connectivity index (χ0) is 11.2. The van der Waals surface area contributed by atoms with Crippen LogP contribution >= 0.6 is 11.6 Å². The van der Waals surface area contributed by atoms with Gasteiger partial charge in [-0.3, -0.25) is 0 Å². The van der Waals surface area contributed by atoms with E-state index in [1.807, 2.05) is 0 Å². The summed E-state index contributed by atoms with van der Waals surface area (Å²) in [6, 6.07) is 0.437. The lowest BCUT2D eigenvalue weighted by molar-refractivity contribution is 0.0134. The lowest BCUT2D eigenvalue weighted by Gasteiger charge is -2.22. The quantitative estimate of drug-likeness (QED) is 0.806. The molecule has 0 aromatic carbocycles. The van der Waals surface area contributed by atoms with Crippen molar-refractivity contribution < 1.29 is 9.15 Å². The lowest BCUT2D eigenvalue weighted by atomic mass is 10.1. The van der Waals surface area contributed by atoms with Crippen molar-refractivity contribution in [3.05, 3.63) is 5.89 Å². The summed E-state index contributed by atoms with van der Waals surface area (Å²) in [7, 11) is 0. The minimum absolute atomic E-state index is 0.250. The zero-order valence-corrected chi connectivity index (χ0v) is 9.87. The summed E-state index contributed by atoms with van der Waals surface area (Å²) in [5.41, 5.74) is 0. The number of halogens is 1. The minimum atomic E-state index is 0.250. The average Bonchev–Trinajstić information content (AvgIpc) is 2.78. The first-order valence-electron chi connectivity index (χ1n) is 5.62. The molecular formula is C10H16ClN3O2. The number of hydrogen-bond acceptors (Lipinski definition) is 5. The molecule has 1 atom stereocenters. The Hall–Kier alpha value is -0.810. The Morgan fingerprint density at radius 2 is 2.31 bits per heavy atom. The molecule has 1 N–H and O–H groups in total. The highest BCUT2D eigenvalue weighted by Gasteiger charge is 2.13. The van der Waals surface area contributed by atoms with E-state index in [0.717, 1.165) is 26.0 Å². The van der Waals surface area contributed by atoms with Crippen LogP contribution in [0.5, 0.6) is 0 Å². The molecule has 1 unspecified atom stereocenters. The van der Waals surface area contributed by atoms with Crippen molar-refractivity contribution in [1.29, 1.82) is 0 Å². The highest BCUT2D eigenvalue weighted by Crippen LogP contribution is 2.15. The summed E-state index contributed by atoms with van der Waals surface area (Å²) >= 11 is 5.55. The van der Waals surface area contributed by atoms with Crippen LogP contribution < -0.4 is 5.32 Å². The summed E-state index contributed by atoms with van der Waals surface area (Å²) in [5.74, 6) is 0.693. The molecule has 1 aliphatic rings. The largest absolute Gasteiger partial charge is 0.407 e. The molecule has 2 rings (SSSR count). The van der Waals surface area contributed by atoms with Gasteiger partial charge in [0.05, 0.1) is 6.10 Å². The Balaban J connectivity index is 1.66. The molecule has 1 aromatic heterocycles. The number of hydrogen-bond donors (Lipinski definition) is 1. The highest BCUT2D eigenvalue weighted by atomic mass is 35.5. The molecule has 16 heavy (non-hydrogen) atoms. The van der Waals surface area contributed by atoms with E-state index >= 15 is 0 Å². The van der Waals surface area contributed by atoms with E-state index in [-0.39, 0.29) is 5.88 Å². The molecule has 0 spiro atoms. The van der Waals surface area contributed by atoms with Crippen LogP contribution in [-0.2, 0) is 10.6 Å². The third-order valence-electron chi connectivity index (χ3n) is 2.60. The second-order valence-corrected chi connectivity index (χ2v) is 4.11. The van der Waals surface area contributed by atoms with Crippen LogP contribution in [0.15, 0.2) is 4.42 Å². The van der Waals surface area contributed by atoms with Gasteiger partial charge in [-0.05, 0) is 25.7 Å². The van der Waals surface area contributed by atoms with Crippen LogP contribution in [-0.4, -0.2) is 29.5 Å². The lowest BCUT2D eigenvalue weighted by Crippen LogP contribution is -2.22. The summed E-state index contributed by atoms with van der Waals surface area (Å²) in [5, 5.41) is 10.6. The fraction of sp³-hybridized carbons (Fsp3) is 0.800. The van der Waals surface area contributed by atoms with E-state index in [9.17, 15) is 0 Å². The fourth-order valence-corrected chi connectivity index (χ4v) is 1.86. The number of alkyl halides is 1. The van der Waals surface area contributed by atoms with Gasteiger partial charge in [-0.1, -0.05) is 5.10 Å². The van der Waals surface area contributed by atoms with Gasteiger partial charge in [0.1, 0.15) is 5.88 Å². The summed E-state index contributed by atoms with van der Waals surface area (Å²) in [6.45, 7) is 1.68. The molecule has 1 aliphatic heterocycles. The third-order valence-corrected chi connectivity index (χ3v) is 2.83. The molecule has 5 nitrogen and oxygen atoms in total. The number of aromatic nitrogens is 2. The van der Waals surface area contributed by atoms with Crippen LogP contribution in [0.4, 0.5) is 6.01 Å². The molecule has 0 aliphatic carbocycles. The van der Waals surface area contributed by atoms with Gasteiger partial charge in [0, 0.05) is 13.2 Å². The highest BCUT2D eigenvalue weighted by molar-refractivity contribution is 6.16. The standard InChI is InChI=1S/C10H16ClN3O2/c11-7-9-13-14-10(16-9)12-5-4-8-3-1-2-6-15-8/h8H,1-7H2,(H,12,14). The molecule has 1 saturated heterocycles. The maximum Gasteiger partial charge on any atom is 0.315 e. The van der Waals surface area contributed by atoms with E-state index in [0.29, 0.717) is 18.0 Å². The van der Waals surface area contributed by atoms with Crippen LogP contribution in [0.3, 0.4) is 0 Å². The van der Waals surface area contributed by atoms with Crippen LogP contribution in [0.25, 0.3) is 0 Å². The maximum atomic E-state index is 5.61. The van der Waals surface area contributed by atoms with Gasteiger partial charge in [-0.2, -0.15) is 0 Å². The van der Waals surface area contributed by atoms with Crippen molar-refractivity contribution in [3.8, 4) is 0 Å². The molecule has 1 aromatic rings. The van der Waals surface area contributed by atoms with Gasteiger partial charge >= 0.3 is 6.01 Å².